The van der Waals surface area contributed by atoms with Gasteiger partial charge in [0, 0.05) is 12.0 Å². The van der Waals surface area contributed by atoms with Crippen LogP contribution in [0.2, 0.25) is 0 Å². The summed E-state index contributed by atoms with van der Waals surface area (Å²) in [6, 6.07) is 0. The molecule has 0 fully saturated rings. The standard InChI is InChI=1S/C14H22N4S2/c1-9-12(19-10(2)16-9)13-18-17-11(20-13)7-6-8-15-14(3,4)5/h15H,6-8H2,1-5H3. The van der Waals surface area contributed by atoms with Crippen LogP contribution in [-0.2, 0) is 6.42 Å². The first-order chi connectivity index (χ1) is 9.35. The predicted octanol–water partition coefficient (Wildman–Crippen LogP) is 3.60. The lowest BCUT2D eigenvalue weighted by molar-refractivity contribution is 0.422. The highest BCUT2D eigenvalue weighted by atomic mass is 32.1. The van der Waals surface area contributed by atoms with Gasteiger partial charge in [0.05, 0.1) is 15.6 Å². The zero-order valence-corrected chi connectivity index (χ0v) is 14.4. The largest absolute Gasteiger partial charge is 0.312 e. The van der Waals surface area contributed by atoms with Crippen LogP contribution in [0.15, 0.2) is 0 Å². The number of rotatable bonds is 5. The van der Waals surface area contributed by atoms with Gasteiger partial charge in [-0.05, 0) is 47.6 Å². The van der Waals surface area contributed by atoms with Crippen LogP contribution in [0, 0.1) is 13.8 Å². The smallest absolute Gasteiger partial charge is 0.159 e. The Labute approximate surface area is 128 Å². The van der Waals surface area contributed by atoms with E-state index in [-0.39, 0.29) is 5.54 Å². The van der Waals surface area contributed by atoms with Gasteiger partial charge in [-0.15, -0.1) is 21.5 Å². The second kappa shape index (κ2) is 6.28. The number of thiazole rings is 1. The van der Waals surface area contributed by atoms with Gasteiger partial charge in [0.15, 0.2) is 5.01 Å². The molecule has 0 spiro atoms. The van der Waals surface area contributed by atoms with E-state index < -0.39 is 0 Å². The average molecular weight is 310 g/mol. The molecule has 4 nitrogen and oxygen atoms in total. The normalized spacial score (nSPS) is 12.1. The van der Waals surface area contributed by atoms with Crippen molar-refractivity contribution in [1.29, 1.82) is 0 Å². The van der Waals surface area contributed by atoms with E-state index in [1.54, 1.807) is 22.7 Å². The van der Waals surface area contributed by atoms with E-state index in [0.29, 0.717) is 0 Å². The van der Waals surface area contributed by atoms with Gasteiger partial charge in [0.2, 0.25) is 0 Å². The molecule has 0 aliphatic carbocycles. The Balaban J connectivity index is 1.91. The van der Waals surface area contributed by atoms with Crippen LogP contribution in [0.1, 0.15) is 42.9 Å². The second-order valence-corrected chi connectivity index (χ2v) is 8.19. The molecule has 0 saturated heterocycles. The first kappa shape index (κ1) is 15.5. The summed E-state index contributed by atoms with van der Waals surface area (Å²) in [6.45, 7) is 11.6. The van der Waals surface area contributed by atoms with Gasteiger partial charge < -0.3 is 5.32 Å². The summed E-state index contributed by atoms with van der Waals surface area (Å²) < 4.78 is 0. The molecule has 0 aromatic carbocycles. The Morgan fingerprint density at radius 1 is 1.10 bits per heavy atom. The molecular weight excluding hydrogens is 288 g/mol. The zero-order valence-electron chi connectivity index (χ0n) is 12.8. The molecule has 2 aromatic heterocycles. The minimum atomic E-state index is 0.184. The quantitative estimate of drug-likeness (QED) is 0.857. The van der Waals surface area contributed by atoms with E-state index >= 15 is 0 Å². The Bertz CT molecular complexity index is 566. The summed E-state index contributed by atoms with van der Waals surface area (Å²) >= 11 is 3.39. The molecule has 2 heterocycles. The topological polar surface area (TPSA) is 50.7 Å². The number of aromatic nitrogens is 3. The van der Waals surface area contributed by atoms with Crippen LogP contribution in [-0.4, -0.2) is 27.3 Å². The van der Waals surface area contributed by atoms with Gasteiger partial charge in [-0.25, -0.2) is 4.98 Å². The van der Waals surface area contributed by atoms with Crippen LogP contribution in [0.4, 0.5) is 0 Å². The molecule has 0 unspecified atom stereocenters. The fourth-order valence-electron chi connectivity index (χ4n) is 1.88. The van der Waals surface area contributed by atoms with Gasteiger partial charge in [0.25, 0.3) is 0 Å². The maximum Gasteiger partial charge on any atom is 0.159 e. The van der Waals surface area contributed by atoms with E-state index in [0.717, 1.165) is 40.1 Å². The summed E-state index contributed by atoms with van der Waals surface area (Å²) in [6.07, 6.45) is 2.07. The predicted molar refractivity (Wildman–Crippen MR) is 86.6 cm³/mol. The lowest BCUT2D eigenvalue weighted by Crippen LogP contribution is -2.36. The molecule has 0 bridgehead atoms. The molecule has 110 valence electrons. The van der Waals surface area contributed by atoms with Crippen LogP contribution in [0.3, 0.4) is 0 Å². The monoisotopic (exact) mass is 310 g/mol. The lowest BCUT2D eigenvalue weighted by atomic mass is 10.1. The molecule has 2 aromatic rings. The van der Waals surface area contributed by atoms with E-state index in [2.05, 4.69) is 41.3 Å². The number of hydrogen-bond donors (Lipinski definition) is 1. The molecule has 1 N–H and O–H groups in total. The third-order valence-electron chi connectivity index (χ3n) is 2.79. The molecular formula is C14H22N4S2. The van der Waals surface area contributed by atoms with Gasteiger partial charge in [-0.2, -0.15) is 0 Å². The fourth-order valence-corrected chi connectivity index (χ4v) is 3.80. The lowest BCUT2D eigenvalue weighted by Gasteiger charge is -2.20. The molecule has 0 aliphatic rings. The highest BCUT2D eigenvalue weighted by Crippen LogP contribution is 2.32. The average Bonchev–Trinajstić information content (AvgIpc) is 2.90. The van der Waals surface area contributed by atoms with Crippen molar-refractivity contribution in [2.75, 3.05) is 6.54 Å². The third kappa shape index (κ3) is 4.33. The molecule has 0 atom stereocenters. The Hall–Kier alpha value is -0.850. The van der Waals surface area contributed by atoms with Crippen molar-refractivity contribution in [1.82, 2.24) is 20.5 Å². The van der Waals surface area contributed by atoms with Crippen molar-refractivity contribution < 1.29 is 0 Å². The van der Waals surface area contributed by atoms with Gasteiger partial charge >= 0.3 is 0 Å². The maximum absolute atomic E-state index is 4.45. The SMILES string of the molecule is Cc1nc(C)c(-c2nnc(CCCNC(C)(C)C)s2)s1. The molecule has 0 radical (unpaired) electrons. The molecule has 20 heavy (non-hydrogen) atoms. The molecule has 0 amide bonds. The van der Waals surface area contributed by atoms with Crippen LogP contribution >= 0.6 is 22.7 Å². The van der Waals surface area contributed by atoms with Gasteiger partial charge in [-0.1, -0.05) is 11.3 Å². The summed E-state index contributed by atoms with van der Waals surface area (Å²) in [7, 11) is 0. The van der Waals surface area contributed by atoms with Crippen LogP contribution in [0.5, 0.6) is 0 Å². The summed E-state index contributed by atoms with van der Waals surface area (Å²) in [5.41, 5.74) is 1.24. The highest BCUT2D eigenvalue weighted by Gasteiger charge is 2.13. The van der Waals surface area contributed by atoms with Crippen LogP contribution < -0.4 is 5.32 Å². The molecule has 0 saturated carbocycles. The van der Waals surface area contributed by atoms with Crippen LogP contribution in [0.25, 0.3) is 9.88 Å². The number of aryl methyl sites for hydroxylation is 3. The van der Waals surface area contributed by atoms with Crippen molar-refractivity contribution in [2.45, 2.75) is 53.0 Å². The van der Waals surface area contributed by atoms with E-state index in [1.807, 2.05) is 13.8 Å². The minimum absolute atomic E-state index is 0.184. The van der Waals surface area contributed by atoms with Crippen molar-refractivity contribution >= 4 is 22.7 Å². The molecule has 6 heteroatoms. The van der Waals surface area contributed by atoms with Crippen molar-refractivity contribution in [3.8, 4) is 9.88 Å². The van der Waals surface area contributed by atoms with E-state index in [1.165, 1.54) is 4.88 Å². The third-order valence-corrected chi connectivity index (χ3v) is 5.00. The maximum atomic E-state index is 4.45. The minimum Gasteiger partial charge on any atom is -0.312 e. The number of hydrogen-bond acceptors (Lipinski definition) is 6. The summed E-state index contributed by atoms with van der Waals surface area (Å²) in [5.74, 6) is 0. The van der Waals surface area contributed by atoms with E-state index in [9.17, 15) is 0 Å². The first-order valence-electron chi connectivity index (χ1n) is 6.87. The number of nitrogens with zero attached hydrogens (tertiary/aromatic N) is 3. The second-order valence-electron chi connectivity index (χ2n) is 5.93. The van der Waals surface area contributed by atoms with Gasteiger partial charge in [-0.3, -0.25) is 0 Å². The molecule has 2 rings (SSSR count). The van der Waals surface area contributed by atoms with Crippen molar-refractivity contribution in [3.05, 3.63) is 15.7 Å². The van der Waals surface area contributed by atoms with Gasteiger partial charge in [0.1, 0.15) is 5.01 Å². The summed E-state index contributed by atoms with van der Waals surface area (Å²) in [5, 5.41) is 15.3. The van der Waals surface area contributed by atoms with Crippen molar-refractivity contribution in [2.24, 2.45) is 0 Å². The number of nitrogens with one attached hydrogen (secondary N) is 1. The highest BCUT2D eigenvalue weighted by molar-refractivity contribution is 7.21. The van der Waals surface area contributed by atoms with E-state index in [4.69, 9.17) is 0 Å². The first-order valence-corrected chi connectivity index (χ1v) is 8.50. The molecule has 0 aliphatic heterocycles. The Morgan fingerprint density at radius 2 is 1.85 bits per heavy atom. The van der Waals surface area contributed by atoms with Crippen molar-refractivity contribution in [3.63, 3.8) is 0 Å². The Morgan fingerprint density at radius 3 is 2.45 bits per heavy atom. The summed E-state index contributed by atoms with van der Waals surface area (Å²) in [4.78, 5) is 5.61. The Kier molecular flexibility index (Phi) is 4.88. The zero-order chi connectivity index (χ0) is 14.8. The fraction of sp³-hybridized carbons (Fsp3) is 0.643.